The van der Waals surface area contributed by atoms with Gasteiger partial charge in [-0.25, -0.2) is 9.59 Å². The molecule has 1 N–H and O–H groups in total. The monoisotopic (exact) mass is 620 g/mol. The van der Waals surface area contributed by atoms with Crippen LogP contribution in [0.15, 0.2) is 36.0 Å². The number of esters is 2. The number of thiophene rings is 1. The molecule has 2 aromatic heterocycles. The molecule has 1 aromatic carbocycles. The summed E-state index contributed by atoms with van der Waals surface area (Å²) < 4.78 is 18.0. The maximum atomic E-state index is 12.9. The number of ether oxygens (including phenoxy) is 3. The van der Waals surface area contributed by atoms with Gasteiger partial charge in [0.1, 0.15) is 21.5 Å². The van der Waals surface area contributed by atoms with Crippen LogP contribution in [-0.4, -0.2) is 58.2 Å². The van der Waals surface area contributed by atoms with Gasteiger partial charge in [-0.15, -0.1) is 28.1 Å². The molecule has 0 spiro atoms. The molecule has 0 radical (unpaired) electrons. The summed E-state index contributed by atoms with van der Waals surface area (Å²) in [5.74, 6) is -0.0204. The van der Waals surface area contributed by atoms with Gasteiger partial charge in [0.25, 0.3) is 0 Å². The van der Waals surface area contributed by atoms with Gasteiger partial charge in [0, 0.05) is 18.0 Å². The van der Waals surface area contributed by atoms with Crippen LogP contribution in [0.2, 0.25) is 5.02 Å². The molecule has 3 rings (SSSR count). The first-order valence-electron chi connectivity index (χ1n) is 13.0. The number of aryl methyl sites for hydroxylation is 2. The standard InChI is InChI=1S/C28H33ClN4O6S2/c1-6-13-33-21(10-9-14-39-20-12-11-19(29)15-17(20)4)31-32-28(33)40-16-22(34)30-25-23(26(35)37-7-2)18(5)24(41-25)27(36)38-8-3/h6,11-12,15H,1,7-10,13-14,16H2,2-5H3,(H,30,34). The third-order valence-electron chi connectivity index (χ3n) is 5.72. The van der Waals surface area contributed by atoms with Gasteiger partial charge in [-0.1, -0.05) is 29.4 Å². The van der Waals surface area contributed by atoms with E-state index in [0.717, 1.165) is 28.5 Å². The average Bonchev–Trinajstić information content (AvgIpc) is 3.46. The van der Waals surface area contributed by atoms with Crippen LogP contribution in [0.4, 0.5) is 5.00 Å². The normalized spacial score (nSPS) is 10.8. The molecule has 0 aliphatic carbocycles. The van der Waals surface area contributed by atoms with Crippen LogP contribution in [0.1, 0.15) is 57.2 Å². The number of allylic oxidation sites excluding steroid dienone is 1. The highest BCUT2D eigenvalue weighted by molar-refractivity contribution is 7.99. The Morgan fingerprint density at radius 2 is 1.88 bits per heavy atom. The number of carbonyl (C=O) groups excluding carboxylic acids is 3. The van der Waals surface area contributed by atoms with E-state index in [-0.39, 0.29) is 40.3 Å². The summed E-state index contributed by atoms with van der Waals surface area (Å²) in [5, 5.41) is 12.8. The highest BCUT2D eigenvalue weighted by Gasteiger charge is 2.27. The van der Waals surface area contributed by atoms with Crippen molar-refractivity contribution in [2.75, 3.05) is 30.9 Å². The van der Waals surface area contributed by atoms with Crippen LogP contribution in [0.3, 0.4) is 0 Å². The molecule has 220 valence electrons. The van der Waals surface area contributed by atoms with Crippen molar-refractivity contribution in [3.8, 4) is 5.75 Å². The predicted octanol–water partition coefficient (Wildman–Crippen LogP) is 5.89. The second-order valence-corrected chi connectivity index (χ2v) is 11.1. The molecule has 0 unspecified atom stereocenters. The highest BCUT2D eigenvalue weighted by Crippen LogP contribution is 2.34. The third-order valence-corrected chi connectivity index (χ3v) is 8.11. The fourth-order valence-electron chi connectivity index (χ4n) is 3.85. The van der Waals surface area contributed by atoms with Gasteiger partial charge in [0.15, 0.2) is 5.16 Å². The summed E-state index contributed by atoms with van der Waals surface area (Å²) in [6, 6.07) is 5.50. The minimum Gasteiger partial charge on any atom is -0.493 e. The van der Waals surface area contributed by atoms with Gasteiger partial charge in [0.05, 0.1) is 31.1 Å². The molecule has 10 nitrogen and oxygen atoms in total. The van der Waals surface area contributed by atoms with E-state index in [1.165, 1.54) is 11.8 Å². The lowest BCUT2D eigenvalue weighted by molar-refractivity contribution is -0.113. The molecule has 0 saturated heterocycles. The molecule has 0 aliphatic heterocycles. The quantitative estimate of drug-likeness (QED) is 0.0959. The van der Waals surface area contributed by atoms with Crippen molar-refractivity contribution < 1.29 is 28.6 Å². The summed E-state index contributed by atoms with van der Waals surface area (Å²) in [6.07, 6.45) is 3.06. The smallest absolute Gasteiger partial charge is 0.348 e. The second kappa shape index (κ2) is 15.6. The van der Waals surface area contributed by atoms with Crippen LogP contribution < -0.4 is 10.1 Å². The fourth-order valence-corrected chi connectivity index (χ4v) is 5.94. The van der Waals surface area contributed by atoms with Crippen LogP contribution in [0.25, 0.3) is 0 Å². The Kier molecular flexibility index (Phi) is 12.2. The first kappa shape index (κ1) is 32.2. The Morgan fingerprint density at radius 3 is 2.56 bits per heavy atom. The molecule has 0 fully saturated rings. The van der Waals surface area contributed by atoms with Gasteiger partial charge in [-0.05, 0) is 63.4 Å². The average molecular weight is 621 g/mol. The van der Waals surface area contributed by atoms with Gasteiger partial charge in [-0.3, -0.25) is 4.79 Å². The number of nitrogens with one attached hydrogen (secondary N) is 1. The van der Waals surface area contributed by atoms with Crippen LogP contribution in [-0.2, 0) is 27.2 Å². The number of hydrogen-bond acceptors (Lipinski definition) is 10. The Hall–Kier alpha value is -3.35. The summed E-state index contributed by atoms with van der Waals surface area (Å²) >= 11 is 8.20. The third kappa shape index (κ3) is 8.57. The van der Waals surface area contributed by atoms with Crippen molar-refractivity contribution in [1.29, 1.82) is 0 Å². The molecule has 3 aromatic rings. The van der Waals surface area contributed by atoms with E-state index < -0.39 is 11.9 Å². The number of rotatable bonds is 15. The minimum absolute atomic E-state index is 0.00217. The summed E-state index contributed by atoms with van der Waals surface area (Å²) in [6.45, 7) is 12.1. The Morgan fingerprint density at radius 1 is 1.15 bits per heavy atom. The first-order valence-corrected chi connectivity index (χ1v) is 15.2. The van der Waals surface area contributed by atoms with Crippen LogP contribution in [0.5, 0.6) is 5.75 Å². The number of nitrogens with zero attached hydrogens (tertiary/aromatic N) is 3. The SMILES string of the molecule is C=CCn1c(CCCOc2ccc(Cl)cc2C)nnc1SCC(=O)Nc1sc(C(=O)OCC)c(C)c1C(=O)OCC. The van der Waals surface area contributed by atoms with Crippen molar-refractivity contribution in [2.24, 2.45) is 0 Å². The summed E-state index contributed by atoms with van der Waals surface area (Å²) in [4.78, 5) is 38.1. The van der Waals surface area contributed by atoms with Crippen LogP contribution >= 0.6 is 34.7 Å². The number of anilines is 1. The zero-order chi connectivity index (χ0) is 29.9. The first-order chi connectivity index (χ1) is 19.7. The number of carbonyl (C=O) groups is 3. The van der Waals surface area contributed by atoms with Crippen LogP contribution in [0, 0.1) is 13.8 Å². The topological polar surface area (TPSA) is 122 Å². The Labute approximate surface area is 252 Å². The lowest BCUT2D eigenvalue weighted by Crippen LogP contribution is -2.17. The minimum atomic E-state index is -0.620. The molecule has 13 heteroatoms. The van der Waals surface area contributed by atoms with E-state index >= 15 is 0 Å². The summed E-state index contributed by atoms with van der Waals surface area (Å²) in [7, 11) is 0. The molecular weight excluding hydrogens is 588 g/mol. The number of aromatic nitrogens is 3. The van der Waals surface area contributed by atoms with Gasteiger partial charge in [-0.2, -0.15) is 0 Å². The highest BCUT2D eigenvalue weighted by atomic mass is 35.5. The number of halogens is 1. The number of hydrogen-bond donors (Lipinski definition) is 1. The molecular formula is C28H33ClN4O6S2. The molecule has 0 saturated carbocycles. The Balaban J connectivity index is 1.64. The number of amides is 1. The molecule has 0 bridgehead atoms. The van der Waals surface area contributed by atoms with E-state index in [1.807, 2.05) is 23.6 Å². The molecule has 1 amide bonds. The molecule has 41 heavy (non-hydrogen) atoms. The zero-order valence-electron chi connectivity index (χ0n) is 23.5. The van der Waals surface area contributed by atoms with E-state index in [4.69, 9.17) is 25.8 Å². The number of benzene rings is 1. The van der Waals surface area contributed by atoms with E-state index in [1.54, 1.807) is 32.9 Å². The second-order valence-electron chi connectivity index (χ2n) is 8.70. The lowest BCUT2D eigenvalue weighted by Gasteiger charge is -2.10. The van der Waals surface area contributed by atoms with Crippen molar-refractivity contribution in [2.45, 2.75) is 52.2 Å². The van der Waals surface area contributed by atoms with Crippen molar-refractivity contribution >= 4 is 57.5 Å². The zero-order valence-corrected chi connectivity index (χ0v) is 25.8. The van der Waals surface area contributed by atoms with Gasteiger partial charge < -0.3 is 24.1 Å². The summed E-state index contributed by atoms with van der Waals surface area (Å²) in [5.41, 5.74) is 1.51. The fraction of sp³-hybridized carbons (Fsp3) is 0.393. The lowest BCUT2D eigenvalue weighted by atomic mass is 10.1. The molecule has 0 atom stereocenters. The van der Waals surface area contributed by atoms with Gasteiger partial charge >= 0.3 is 11.9 Å². The van der Waals surface area contributed by atoms with Crippen molar-refractivity contribution in [3.05, 3.63) is 63.3 Å². The molecule has 2 heterocycles. The maximum absolute atomic E-state index is 12.9. The largest absolute Gasteiger partial charge is 0.493 e. The maximum Gasteiger partial charge on any atom is 0.348 e. The number of thioether (sulfide) groups is 1. The van der Waals surface area contributed by atoms with Crippen molar-refractivity contribution in [3.63, 3.8) is 0 Å². The van der Waals surface area contributed by atoms with E-state index in [0.29, 0.717) is 41.7 Å². The van der Waals surface area contributed by atoms with E-state index in [2.05, 4.69) is 22.1 Å². The Bertz CT molecular complexity index is 1400. The van der Waals surface area contributed by atoms with Crippen molar-refractivity contribution in [1.82, 2.24) is 14.8 Å². The van der Waals surface area contributed by atoms with E-state index in [9.17, 15) is 14.4 Å². The van der Waals surface area contributed by atoms with Gasteiger partial charge in [0.2, 0.25) is 5.91 Å². The predicted molar refractivity (Wildman–Crippen MR) is 161 cm³/mol. The molecule has 0 aliphatic rings.